The molecule has 4 nitrogen and oxygen atoms in total. The van der Waals surface area contributed by atoms with E-state index in [4.69, 9.17) is 5.11 Å². The molecule has 0 aliphatic carbocycles. The SMILES string of the molecule is CSc1ccc(C(=O)NC(C(=O)O)C(C)(C)C)cc1. The molecule has 0 bridgehead atoms. The molecule has 0 saturated carbocycles. The number of carbonyl (C=O) groups excluding carboxylic acids is 1. The van der Waals surface area contributed by atoms with Crippen molar-refractivity contribution in [3.8, 4) is 0 Å². The Bertz CT molecular complexity index is 463. The van der Waals surface area contributed by atoms with Crippen LogP contribution in [-0.4, -0.2) is 29.3 Å². The van der Waals surface area contributed by atoms with Gasteiger partial charge in [-0.3, -0.25) is 4.79 Å². The van der Waals surface area contributed by atoms with E-state index in [9.17, 15) is 9.59 Å². The Morgan fingerprint density at radius 3 is 2.11 bits per heavy atom. The van der Waals surface area contributed by atoms with E-state index in [2.05, 4.69) is 5.32 Å². The summed E-state index contributed by atoms with van der Waals surface area (Å²) >= 11 is 1.59. The number of thioether (sulfide) groups is 1. The smallest absolute Gasteiger partial charge is 0.326 e. The van der Waals surface area contributed by atoms with E-state index in [-0.39, 0.29) is 5.91 Å². The maximum absolute atomic E-state index is 12.0. The summed E-state index contributed by atoms with van der Waals surface area (Å²) in [4.78, 5) is 24.3. The number of rotatable bonds is 4. The molecule has 1 rings (SSSR count). The average molecular weight is 281 g/mol. The van der Waals surface area contributed by atoms with Crippen LogP contribution >= 0.6 is 11.8 Å². The second-order valence-corrected chi connectivity index (χ2v) is 6.22. The van der Waals surface area contributed by atoms with Crippen molar-refractivity contribution in [1.82, 2.24) is 5.32 Å². The van der Waals surface area contributed by atoms with Crippen LogP contribution in [0, 0.1) is 5.41 Å². The van der Waals surface area contributed by atoms with Crippen LogP contribution < -0.4 is 5.32 Å². The topological polar surface area (TPSA) is 66.4 Å². The molecule has 1 unspecified atom stereocenters. The van der Waals surface area contributed by atoms with Crippen LogP contribution in [0.25, 0.3) is 0 Å². The van der Waals surface area contributed by atoms with Crippen molar-refractivity contribution < 1.29 is 14.7 Å². The van der Waals surface area contributed by atoms with Crippen LogP contribution in [0.3, 0.4) is 0 Å². The molecule has 5 heteroatoms. The molecule has 1 atom stereocenters. The van der Waals surface area contributed by atoms with Crippen molar-refractivity contribution in [1.29, 1.82) is 0 Å². The lowest BCUT2D eigenvalue weighted by atomic mass is 9.86. The second-order valence-electron chi connectivity index (χ2n) is 5.34. The quantitative estimate of drug-likeness (QED) is 0.833. The molecule has 104 valence electrons. The third-order valence-electron chi connectivity index (χ3n) is 2.74. The highest BCUT2D eigenvalue weighted by Crippen LogP contribution is 2.20. The molecule has 0 aromatic heterocycles. The van der Waals surface area contributed by atoms with Gasteiger partial charge in [0.05, 0.1) is 0 Å². The highest BCUT2D eigenvalue weighted by atomic mass is 32.2. The summed E-state index contributed by atoms with van der Waals surface area (Å²) in [6.45, 7) is 5.34. The Kier molecular flexibility index (Phi) is 5.00. The Balaban J connectivity index is 2.85. The van der Waals surface area contributed by atoms with Gasteiger partial charge < -0.3 is 10.4 Å². The first kappa shape index (κ1) is 15.6. The first-order valence-corrected chi connectivity index (χ1v) is 7.16. The molecule has 1 amide bonds. The molecule has 0 radical (unpaired) electrons. The van der Waals surface area contributed by atoms with Crippen molar-refractivity contribution in [2.45, 2.75) is 31.7 Å². The number of hydrogen-bond acceptors (Lipinski definition) is 3. The first-order valence-electron chi connectivity index (χ1n) is 5.93. The molecule has 0 aliphatic heterocycles. The van der Waals surface area contributed by atoms with E-state index in [0.717, 1.165) is 4.90 Å². The second kappa shape index (κ2) is 6.10. The molecule has 19 heavy (non-hydrogen) atoms. The summed E-state index contributed by atoms with van der Waals surface area (Å²) in [6.07, 6.45) is 1.95. The Labute approximate surface area is 117 Å². The van der Waals surface area contributed by atoms with E-state index in [0.29, 0.717) is 5.56 Å². The molecular formula is C14H19NO3S. The van der Waals surface area contributed by atoms with Crippen LogP contribution in [-0.2, 0) is 4.79 Å². The molecule has 0 heterocycles. The van der Waals surface area contributed by atoms with Gasteiger partial charge in [-0.2, -0.15) is 0 Å². The lowest BCUT2D eigenvalue weighted by molar-refractivity contribution is -0.142. The Morgan fingerprint density at radius 1 is 1.21 bits per heavy atom. The van der Waals surface area contributed by atoms with Crippen LogP contribution in [0.1, 0.15) is 31.1 Å². The summed E-state index contributed by atoms with van der Waals surface area (Å²) in [5.41, 5.74) is -0.0749. The number of amides is 1. The van der Waals surface area contributed by atoms with E-state index in [1.165, 1.54) is 0 Å². The lowest BCUT2D eigenvalue weighted by Gasteiger charge is -2.27. The number of carboxylic acids is 1. The zero-order valence-electron chi connectivity index (χ0n) is 11.6. The van der Waals surface area contributed by atoms with Crippen LogP contribution in [0.5, 0.6) is 0 Å². The highest BCUT2D eigenvalue weighted by Gasteiger charge is 2.32. The molecule has 0 spiro atoms. The largest absolute Gasteiger partial charge is 0.480 e. The summed E-state index contributed by atoms with van der Waals surface area (Å²) in [5, 5.41) is 11.7. The average Bonchev–Trinajstić information content (AvgIpc) is 2.34. The molecule has 1 aromatic carbocycles. The maximum Gasteiger partial charge on any atom is 0.326 e. The minimum Gasteiger partial charge on any atom is -0.480 e. The Morgan fingerprint density at radius 2 is 1.74 bits per heavy atom. The van der Waals surface area contributed by atoms with Crippen molar-refractivity contribution in [2.24, 2.45) is 5.41 Å². The first-order chi connectivity index (χ1) is 8.75. The third kappa shape index (κ3) is 4.28. The van der Waals surface area contributed by atoms with Crippen molar-refractivity contribution >= 4 is 23.6 Å². The van der Waals surface area contributed by atoms with Crippen molar-refractivity contribution in [2.75, 3.05) is 6.26 Å². The minimum atomic E-state index is -1.03. The zero-order valence-corrected chi connectivity index (χ0v) is 12.4. The van der Waals surface area contributed by atoms with Gasteiger partial charge in [-0.25, -0.2) is 4.79 Å². The van der Waals surface area contributed by atoms with Gasteiger partial charge in [0.2, 0.25) is 0 Å². The van der Waals surface area contributed by atoms with E-state index >= 15 is 0 Å². The van der Waals surface area contributed by atoms with E-state index < -0.39 is 17.4 Å². The number of hydrogen-bond donors (Lipinski definition) is 2. The van der Waals surface area contributed by atoms with Gasteiger partial charge in [0.15, 0.2) is 0 Å². The van der Waals surface area contributed by atoms with Gasteiger partial charge in [0.1, 0.15) is 6.04 Å². The highest BCUT2D eigenvalue weighted by molar-refractivity contribution is 7.98. The van der Waals surface area contributed by atoms with Crippen molar-refractivity contribution in [3.05, 3.63) is 29.8 Å². The van der Waals surface area contributed by atoms with E-state index in [1.54, 1.807) is 44.7 Å². The fraction of sp³-hybridized carbons (Fsp3) is 0.429. The number of aliphatic carboxylic acids is 1. The summed E-state index contributed by atoms with van der Waals surface area (Å²) in [6, 6.07) is 6.16. The predicted octanol–water partition coefficient (Wildman–Crippen LogP) is 2.64. The summed E-state index contributed by atoms with van der Waals surface area (Å²) in [7, 11) is 0. The van der Waals surface area contributed by atoms with Crippen molar-refractivity contribution in [3.63, 3.8) is 0 Å². The fourth-order valence-corrected chi connectivity index (χ4v) is 2.01. The minimum absolute atomic E-state index is 0.366. The monoisotopic (exact) mass is 281 g/mol. The number of carbonyl (C=O) groups is 2. The molecular weight excluding hydrogens is 262 g/mol. The number of nitrogens with one attached hydrogen (secondary N) is 1. The fourth-order valence-electron chi connectivity index (χ4n) is 1.61. The third-order valence-corrected chi connectivity index (χ3v) is 3.48. The van der Waals surface area contributed by atoms with Gasteiger partial charge >= 0.3 is 5.97 Å². The molecule has 2 N–H and O–H groups in total. The Hall–Kier alpha value is -1.49. The van der Waals surface area contributed by atoms with Gasteiger partial charge in [-0.15, -0.1) is 11.8 Å². The van der Waals surface area contributed by atoms with Gasteiger partial charge in [0, 0.05) is 10.5 Å². The van der Waals surface area contributed by atoms with Crippen LogP contribution in [0.4, 0.5) is 0 Å². The number of carboxylic acid groups (broad SMARTS) is 1. The zero-order chi connectivity index (χ0) is 14.6. The van der Waals surface area contributed by atoms with Crippen LogP contribution in [0.2, 0.25) is 0 Å². The summed E-state index contributed by atoms with van der Waals surface area (Å²) in [5.74, 6) is -1.39. The predicted molar refractivity (Wildman–Crippen MR) is 76.6 cm³/mol. The molecule has 0 aliphatic rings. The number of benzene rings is 1. The molecule has 0 saturated heterocycles. The standard InChI is InChI=1S/C14H19NO3S/c1-14(2,3)11(13(17)18)15-12(16)9-5-7-10(19-4)8-6-9/h5-8,11H,1-4H3,(H,15,16)(H,17,18). The van der Waals surface area contributed by atoms with Crippen LogP contribution in [0.15, 0.2) is 29.2 Å². The van der Waals surface area contributed by atoms with Gasteiger partial charge in [0.25, 0.3) is 5.91 Å². The summed E-state index contributed by atoms with van der Waals surface area (Å²) < 4.78 is 0. The van der Waals surface area contributed by atoms with Gasteiger partial charge in [-0.05, 0) is 35.9 Å². The normalized spacial score (nSPS) is 12.8. The van der Waals surface area contributed by atoms with Gasteiger partial charge in [-0.1, -0.05) is 20.8 Å². The molecule has 1 aromatic rings. The lowest BCUT2D eigenvalue weighted by Crippen LogP contribution is -2.49. The molecule has 0 fully saturated rings. The van der Waals surface area contributed by atoms with E-state index in [1.807, 2.05) is 18.4 Å². The maximum atomic E-state index is 12.0.